The van der Waals surface area contributed by atoms with Crippen molar-refractivity contribution in [1.29, 1.82) is 0 Å². The molecule has 1 atom stereocenters. The van der Waals surface area contributed by atoms with Crippen LogP contribution in [0.1, 0.15) is 36.7 Å². The summed E-state index contributed by atoms with van der Waals surface area (Å²) in [4.78, 5) is 4.35. The molecule has 7 nitrogen and oxygen atoms in total. The standard InChI is InChI=1S/C17H24N4O3S/c1-20-12-9-18-17(20)16(14-7-6-8-15(13-14)24-2)19-25(22,23)21-10-4-3-5-11-21/h6-9,12-13,16,19H,3-5,10-11H2,1-2H3/t16-/m1/s1. The maximum atomic E-state index is 12.9. The van der Waals surface area contributed by atoms with E-state index >= 15 is 0 Å². The van der Waals surface area contributed by atoms with E-state index in [0.29, 0.717) is 24.7 Å². The lowest BCUT2D eigenvalue weighted by molar-refractivity contribution is 0.339. The van der Waals surface area contributed by atoms with Gasteiger partial charge in [0.1, 0.15) is 17.6 Å². The first-order chi connectivity index (χ1) is 12.0. The van der Waals surface area contributed by atoms with Crippen LogP contribution in [0.15, 0.2) is 36.7 Å². The summed E-state index contributed by atoms with van der Waals surface area (Å²) in [6, 6.07) is 6.80. The highest BCUT2D eigenvalue weighted by molar-refractivity contribution is 7.87. The number of nitrogens with zero attached hydrogens (tertiary/aromatic N) is 3. The third-order valence-corrected chi connectivity index (χ3v) is 6.04. The largest absolute Gasteiger partial charge is 0.497 e. The van der Waals surface area contributed by atoms with Crippen molar-refractivity contribution in [2.24, 2.45) is 7.05 Å². The summed E-state index contributed by atoms with van der Waals surface area (Å²) in [6.07, 6.45) is 6.33. The molecule has 1 aliphatic heterocycles. The molecule has 1 fully saturated rings. The van der Waals surface area contributed by atoms with E-state index in [-0.39, 0.29) is 0 Å². The lowest BCUT2D eigenvalue weighted by Gasteiger charge is -2.28. The van der Waals surface area contributed by atoms with Gasteiger partial charge in [-0.3, -0.25) is 0 Å². The number of benzene rings is 1. The van der Waals surface area contributed by atoms with Crippen LogP contribution >= 0.6 is 0 Å². The Balaban J connectivity index is 1.95. The highest BCUT2D eigenvalue weighted by Gasteiger charge is 2.30. The maximum Gasteiger partial charge on any atom is 0.280 e. The summed E-state index contributed by atoms with van der Waals surface area (Å²) < 4.78 is 37.2. The Bertz CT molecular complexity index is 813. The summed E-state index contributed by atoms with van der Waals surface area (Å²) in [5.74, 6) is 1.31. The lowest BCUT2D eigenvalue weighted by Crippen LogP contribution is -2.45. The molecule has 0 unspecified atom stereocenters. The maximum absolute atomic E-state index is 12.9. The Morgan fingerprint density at radius 1 is 1.24 bits per heavy atom. The first-order valence-electron chi connectivity index (χ1n) is 8.40. The molecule has 0 aliphatic carbocycles. The SMILES string of the molecule is COc1cccc([C@@H](NS(=O)(=O)N2CCCCC2)c2nccn2C)c1. The number of piperidine rings is 1. The second-order valence-electron chi connectivity index (χ2n) is 6.19. The molecule has 0 amide bonds. The minimum Gasteiger partial charge on any atom is -0.497 e. The van der Waals surface area contributed by atoms with Gasteiger partial charge in [-0.1, -0.05) is 18.6 Å². The van der Waals surface area contributed by atoms with E-state index in [1.807, 2.05) is 35.9 Å². The molecular formula is C17H24N4O3S. The van der Waals surface area contributed by atoms with Crippen molar-refractivity contribution in [3.8, 4) is 5.75 Å². The minimum absolute atomic E-state index is 0.556. The average Bonchev–Trinajstić information content (AvgIpc) is 3.06. The van der Waals surface area contributed by atoms with Gasteiger partial charge in [-0.25, -0.2) is 4.98 Å². The lowest BCUT2D eigenvalue weighted by atomic mass is 10.1. The fraction of sp³-hybridized carbons (Fsp3) is 0.471. The number of rotatable bonds is 6. The van der Waals surface area contributed by atoms with Crippen molar-refractivity contribution < 1.29 is 13.2 Å². The van der Waals surface area contributed by atoms with Crippen LogP contribution in [0.5, 0.6) is 5.75 Å². The number of nitrogens with one attached hydrogen (secondary N) is 1. The van der Waals surface area contributed by atoms with Crippen LogP contribution in [0.4, 0.5) is 0 Å². The van der Waals surface area contributed by atoms with Gasteiger partial charge in [0, 0.05) is 32.5 Å². The molecule has 2 aromatic rings. The molecule has 1 aliphatic rings. The number of hydrogen-bond donors (Lipinski definition) is 1. The van der Waals surface area contributed by atoms with E-state index in [9.17, 15) is 8.42 Å². The van der Waals surface area contributed by atoms with E-state index in [1.54, 1.807) is 19.5 Å². The molecule has 0 radical (unpaired) electrons. The van der Waals surface area contributed by atoms with Gasteiger partial charge in [-0.2, -0.15) is 17.4 Å². The Kier molecular flexibility index (Phi) is 5.41. The third kappa shape index (κ3) is 4.02. The van der Waals surface area contributed by atoms with Gasteiger partial charge in [-0.05, 0) is 30.5 Å². The summed E-state index contributed by atoms with van der Waals surface area (Å²) in [6.45, 7) is 1.11. The summed E-state index contributed by atoms with van der Waals surface area (Å²) in [5, 5.41) is 0. The molecule has 1 aromatic heterocycles. The summed E-state index contributed by atoms with van der Waals surface area (Å²) >= 11 is 0. The van der Waals surface area contributed by atoms with Gasteiger partial charge in [-0.15, -0.1) is 0 Å². The predicted octanol–water partition coefficient (Wildman–Crippen LogP) is 1.84. The van der Waals surface area contributed by atoms with Crippen molar-refractivity contribution in [2.75, 3.05) is 20.2 Å². The Morgan fingerprint density at radius 3 is 2.64 bits per heavy atom. The van der Waals surface area contributed by atoms with Gasteiger partial charge < -0.3 is 9.30 Å². The van der Waals surface area contributed by atoms with Gasteiger partial charge >= 0.3 is 0 Å². The second-order valence-corrected chi connectivity index (χ2v) is 7.89. The van der Waals surface area contributed by atoms with Gasteiger partial charge in [0.15, 0.2) is 0 Å². The van der Waals surface area contributed by atoms with E-state index in [2.05, 4.69) is 9.71 Å². The van der Waals surface area contributed by atoms with Crippen LogP contribution in [0, 0.1) is 0 Å². The normalized spacial score (nSPS) is 17.4. The van der Waals surface area contributed by atoms with E-state index in [0.717, 1.165) is 24.8 Å². The second kappa shape index (κ2) is 7.55. The fourth-order valence-electron chi connectivity index (χ4n) is 3.07. The molecular weight excluding hydrogens is 340 g/mol. The van der Waals surface area contributed by atoms with Crippen LogP contribution in [0.25, 0.3) is 0 Å². The van der Waals surface area contributed by atoms with E-state index in [1.165, 1.54) is 4.31 Å². The molecule has 8 heteroatoms. The smallest absolute Gasteiger partial charge is 0.280 e. The first-order valence-corrected chi connectivity index (χ1v) is 9.84. The van der Waals surface area contributed by atoms with Crippen LogP contribution in [-0.4, -0.2) is 42.5 Å². The van der Waals surface area contributed by atoms with Crippen molar-refractivity contribution in [1.82, 2.24) is 18.6 Å². The number of hydrogen-bond acceptors (Lipinski definition) is 4. The number of ether oxygens (including phenoxy) is 1. The van der Waals surface area contributed by atoms with Gasteiger partial charge in [0.25, 0.3) is 10.2 Å². The molecule has 2 heterocycles. The quantitative estimate of drug-likeness (QED) is 0.848. The number of methoxy groups -OCH3 is 1. The molecule has 3 rings (SSSR count). The summed E-state index contributed by atoms with van der Waals surface area (Å²) in [5.41, 5.74) is 0.786. The average molecular weight is 364 g/mol. The third-order valence-electron chi connectivity index (χ3n) is 4.47. The molecule has 1 saturated heterocycles. The molecule has 136 valence electrons. The number of aromatic nitrogens is 2. The van der Waals surface area contributed by atoms with E-state index < -0.39 is 16.3 Å². The van der Waals surface area contributed by atoms with Crippen LogP contribution in [0.2, 0.25) is 0 Å². The van der Waals surface area contributed by atoms with Crippen molar-refractivity contribution in [3.05, 3.63) is 48.0 Å². The van der Waals surface area contributed by atoms with E-state index in [4.69, 9.17) is 4.74 Å². The minimum atomic E-state index is -3.60. The Morgan fingerprint density at radius 2 is 2.00 bits per heavy atom. The Labute approximate surface area is 148 Å². The zero-order chi connectivity index (χ0) is 17.9. The molecule has 1 aromatic carbocycles. The fourth-order valence-corrected chi connectivity index (χ4v) is 4.50. The molecule has 25 heavy (non-hydrogen) atoms. The predicted molar refractivity (Wildman–Crippen MR) is 95.5 cm³/mol. The molecule has 1 N–H and O–H groups in total. The van der Waals surface area contributed by atoms with Crippen molar-refractivity contribution in [3.63, 3.8) is 0 Å². The number of aryl methyl sites for hydroxylation is 1. The van der Waals surface area contributed by atoms with Crippen molar-refractivity contribution in [2.45, 2.75) is 25.3 Å². The highest BCUT2D eigenvalue weighted by Crippen LogP contribution is 2.26. The first kappa shape index (κ1) is 17.9. The van der Waals surface area contributed by atoms with Crippen molar-refractivity contribution >= 4 is 10.2 Å². The van der Waals surface area contributed by atoms with Crippen LogP contribution < -0.4 is 9.46 Å². The molecule has 0 saturated carbocycles. The monoisotopic (exact) mass is 364 g/mol. The Hall–Kier alpha value is -1.90. The zero-order valence-electron chi connectivity index (χ0n) is 14.6. The zero-order valence-corrected chi connectivity index (χ0v) is 15.4. The highest BCUT2D eigenvalue weighted by atomic mass is 32.2. The van der Waals surface area contributed by atoms with Gasteiger partial charge in [0.2, 0.25) is 0 Å². The topological polar surface area (TPSA) is 76.5 Å². The molecule has 0 spiro atoms. The van der Waals surface area contributed by atoms with Crippen LogP contribution in [-0.2, 0) is 17.3 Å². The van der Waals surface area contributed by atoms with Crippen LogP contribution in [0.3, 0.4) is 0 Å². The molecule has 0 bridgehead atoms. The summed E-state index contributed by atoms with van der Waals surface area (Å²) in [7, 11) is -0.162. The van der Waals surface area contributed by atoms with Gasteiger partial charge in [0.05, 0.1) is 7.11 Å². The number of imidazole rings is 1.